The van der Waals surface area contributed by atoms with Gasteiger partial charge in [-0.05, 0) is 24.1 Å². The summed E-state index contributed by atoms with van der Waals surface area (Å²) in [6.07, 6.45) is 2.22. The van der Waals surface area contributed by atoms with Gasteiger partial charge in [-0.2, -0.15) is 5.10 Å². The third kappa shape index (κ3) is 5.39. The van der Waals surface area contributed by atoms with Crippen LogP contribution in [0.15, 0.2) is 66.1 Å². The van der Waals surface area contributed by atoms with Gasteiger partial charge in [0.25, 0.3) is 0 Å². The first-order valence-electron chi connectivity index (χ1n) is 10.1. The normalized spacial score (nSPS) is 17.5. The molecule has 1 aliphatic rings. The van der Waals surface area contributed by atoms with E-state index >= 15 is 0 Å². The topological polar surface area (TPSA) is 81.1 Å². The van der Waals surface area contributed by atoms with E-state index in [9.17, 15) is 12.6 Å². The maximum absolute atomic E-state index is 12.7. The van der Waals surface area contributed by atoms with Crippen molar-refractivity contribution in [3.63, 3.8) is 0 Å². The molecule has 0 radical (unpaired) electrons. The summed E-state index contributed by atoms with van der Waals surface area (Å²) in [6, 6.07) is 19.0. The molecule has 0 amide bonds. The van der Waals surface area contributed by atoms with Crippen LogP contribution in [0.2, 0.25) is 0 Å². The van der Waals surface area contributed by atoms with Crippen molar-refractivity contribution >= 4 is 26.9 Å². The lowest BCUT2D eigenvalue weighted by molar-refractivity contribution is 0.576. The molecule has 0 aliphatic carbocycles. The molecule has 0 saturated heterocycles. The molecule has 3 aromatic rings. The van der Waals surface area contributed by atoms with Gasteiger partial charge in [-0.15, -0.1) is 0 Å². The molecule has 1 aromatic heterocycles. The Labute approximate surface area is 185 Å². The molecule has 31 heavy (non-hydrogen) atoms. The Balaban J connectivity index is 1.62. The Morgan fingerprint density at radius 3 is 2.52 bits per heavy atom. The number of hydrogen-bond donors (Lipinski definition) is 1. The highest BCUT2D eigenvalue weighted by atomic mass is 32.2. The van der Waals surface area contributed by atoms with Crippen LogP contribution >= 0.6 is 0 Å². The van der Waals surface area contributed by atoms with E-state index in [1.807, 2.05) is 72.3 Å². The summed E-state index contributed by atoms with van der Waals surface area (Å²) in [5.74, 6) is 0.991. The number of fused-ring (bicyclic) bond motifs is 1. The number of nitrogens with zero attached hydrogens (tertiary/aromatic N) is 2. The molecule has 2 atom stereocenters. The van der Waals surface area contributed by atoms with Crippen LogP contribution in [0.3, 0.4) is 0 Å². The third-order valence-electron chi connectivity index (χ3n) is 5.27. The van der Waals surface area contributed by atoms with Crippen molar-refractivity contribution in [3.8, 4) is 0 Å². The number of sulfonamides is 1. The monoisotopic (exact) mass is 455 g/mol. The van der Waals surface area contributed by atoms with Gasteiger partial charge in [0.2, 0.25) is 10.0 Å². The van der Waals surface area contributed by atoms with Gasteiger partial charge >= 0.3 is 0 Å². The van der Waals surface area contributed by atoms with Crippen molar-refractivity contribution in [1.29, 1.82) is 0 Å². The van der Waals surface area contributed by atoms with Gasteiger partial charge in [0.05, 0.1) is 23.7 Å². The van der Waals surface area contributed by atoms with E-state index in [0.717, 1.165) is 22.4 Å². The molecule has 0 spiro atoms. The second kappa shape index (κ2) is 9.30. The standard InChI is InChI=1S/C23H25N3O3S2/c1-18(20-10-6-3-7-11-20)25-31(28,29)15-13-23-21-17-30(27)14-12-22(21)24-26(23)16-19-8-4-2-5-9-19/h2-11,13,15,18,25H,12,14,16-17H2,1H3/b15-13+. The maximum Gasteiger partial charge on any atom is 0.234 e. The first-order chi connectivity index (χ1) is 14.9. The van der Waals surface area contributed by atoms with Crippen molar-refractivity contribution in [2.75, 3.05) is 5.75 Å². The molecule has 8 heteroatoms. The summed E-state index contributed by atoms with van der Waals surface area (Å²) in [5.41, 5.74) is 4.43. The first kappa shape index (κ1) is 21.7. The molecule has 2 unspecified atom stereocenters. The molecule has 2 heterocycles. The average molecular weight is 456 g/mol. The zero-order valence-electron chi connectivity index (χ0n) is 17.3. The fourth-order valence-corrected chi connectivity index (χ4v) is 5.90. The summed E-state index contributed by atoms with van der Waals surface area (Å²) in [4.78, 5) is 0. The first-order valence-corrected chi connectivity index (χ1v) is 13.2. The number of hydrogen-bond acceptors (Lipinski definition) is 4. The quantitative estimate of drug-likeness (QED) is 0.592. The Bertz CT molecular complexity index is 1200. The largest absolute Gasteiger partial charge is 0.260 e. The van der Waals surface area contributed by atoms with Crippen molar-refractivity contribution in [3.05, 3.63) is 94.1 Å². The second-order valence-electron chi connectivity index (χ2n) is 7.59. The van der Waals surface area contributed by atoms with Crippen LogP contribution in [-0.4, -0.2) is 28.2 Å². The SMILES string of the molecule is CC(NS(=O)(=O)/C=C/c1c2c(nn1Cc1ccccc1)CCS(=O)C2)c1ccccc1. The Morgan fingerprint density at radius 2 is 1.81 bits per heavy atom. The van der Waals surface area contributed by atoms with E-state index in [4.69, 9.17) is 5.10 Å². The van der Waals surface area contributed by atoms with Crippen molar-refractivity contribution in [2.24, 2.45) is 0 Å². The molecule has 1 N–H and O–H groups in total. The summed E-state index contributed by atoms with van der Waals surface area (Å²) in [7, 11) is -4.64. The van der Waals surface area contributed by atoms with E-state index < -0.39 is 20.8 Å². The van der Waals surface area contributed by atoms with Gasteiger partial charge in [-0.1, -0.05) is 60.7 Å². The van der Waals surface area contributed by atoms with Gasteiger partial charge in [0, 0.05) is 40.0 Å². The van der Waals surface area contributed by atoms with Crippen LogP contribution in [0, 0.1) is 0 Å². The second-order valence-corrected chi connectivity index (χ2v) is 10.8. The van der Waals surface area contributed by atoms with Gasteiger partial charge in [-0.3, -0.25) is 8.89 Å². The molecule has 0 fully saturated rings. The number of rotatable bonds is 7. The van der Waals surface area contributed by atoms with E-state index in [0.29, 0.717) is 30.2 Å². The summed E-state index contributed by atoms with van der Waals surface area (Å²) in [6.45, 7) is 2.33. The van der Waals surface area contributed by atoms with Crippen LogP contribution in [0.5, 0.6) is 0 Å². The van der Waals surface area contributed by atoms with Crippen LogP contribution in [0.1, 0.15) is 41.0 Å². The number of aromatic nitrogens is 2. The summed E-state index contributed by atoms with van der Waals surface area (Å²) >= 11 is 0. The molecule has 0 saturated carbocycles. The molecule has 4 rings (SSSR count). The van der Waals surface area contributed by atoms with Crippen LogP contribution in [0.25, 0.3) is 6.08 Å². The minimum Gasteiger partial charge on any atom is -0.260 e. The Hall–Kier alpha value is -2.55. The molecule has 2 aromatic carbocycles. The van der Waals surface area contributed by atoms with Crippen molar-refractivity contribution in [1.82, 2.24) is 14.5 Å². The van der Waals surface area contributed by atoms with Gasteiger partial charge in [0.1, 0.15) is 0 Å². The van der Waals surface area contributed by atoms with Crippen LogP contribution in [-0.2, 0) is 39.5 Å². The number of benzene rings is 2. The highest BCUT2D eigenvalue weighted by Gasteiger charge is 2.23. The highest BCUT2D eigenvalue weighted by Crippen LogP contribution is 2.24. The van der Waals surface area contributed by atoms with E-state index in [2.05, 4.69) is 4.72 Å². The lowest BCUT2D eigenvalue weighted by Crippen LogP contribution is -2.24. The minimum atomic E-state index is -3.68. The maximum atomic E-state index is 12.7. The predicted octanol–water partition coefficient (Wildman–Crippen LogP) is 3.39. The van der Waals surface area contributed by atoms with Crippen molar-refractivity contribution < 1.29 is 12.6 Å². The predicted molar refractivity (Wildman–Crippen MR) is 124 cm³/mol. The number of aryl methyl sites for hydroxylation is 1. The molecule has 6 nitrogen and oxygen atoms in total. The van der Waals surface area contributed by atoms with E-state index in [1.54, 1.807) is 6.08 Å². The number of nitrogens with one attached hydrogen (secondary N) is 1. The van der Waals surface area contributed by atoms with Crippen LogP contribution in [0.4, 0.5) is 0 Å². The van der Waals surface area contributed by atoms with Gasteiger partial charge in [0.15, 0.2) is 0 Å². The Kier molecular flexibility index (Phi) is 6.50. The third-order valence-corrected chi connectivity index (χ3v) is 7.72. The van der Waals surface area contributed by atoms with Crippen molar-refractivity contribution in [2.45, 2.75) is 31.7 Å². The van der Waals surface area contributed by atoms with Crippen LogP contribution < -0.4 is 4.72 Å². The Morgan fingerprint density at radius 1 is 1.13 bits per heavy atom. The zero-order valence-corrected chi connectivity index (χ0v) is 18.9. The minimum absolute atomic E-state index is 0.355. The fraction of sp³-hybridized carbons (Fsp3) is 0.261. The molecule has 162 valence electrons. The van der Waals surface area contributed by atoms with Gasteiger partial charge < -0.3 is 0 Å². The average Bonchev–Trinajstić information content (AvgIpc) is 3.09. The lowest BCUT2D eigenvalue weighted by Gasteiger charge is -2.13. The summed E-state index contributed by atoms with van der Waals surface area (Å²) in [5, 5.41) is 5.89. The molecular formula is C23H25N3O3S2. The van der Waals surface area contributed by atoms with E-state index in [1.165, 1.54) is 5.41 Å². The fourth-order valence-electron chi connectivity index (χ4n) is 3.68. The smallest absolute Gasteiger partial charge is 0.234 e. The highest BCUT2D eigenvalue weighted by molar-refractivity contribution is 7.92. The summed E-state index contributed by atoms with van der Waals surface area (Å²) < 4.78 is 42.1. The zero-order chi connectivity index (χ0) is 21.8. The lowest BCUT2D eigenvalue weighted by atomic mass is 10.1. The molecular weight excluding hydrogens is 430 g/mol. The van der Waals surface area contributed by atoms with E-state index in [-0.39, 0.29) is 6.04 Å². The molecule has 0 bridgehead atoms. The van der Waals surface area contributed by atoms with Gasteiger partial charge in [-0.25, -0.2) is 13.1 Å². The molecule has 1 aliphatic heterocycles.